The standard InChI is InChI=1S/C11H12F3NO3/c1-2-17-10(16)8-5-7(3-4-9(8)15)18-6-11(12,13)14/h3-5H,2,6,15H2,1H3. The van der Waals surface area contributed by atoms with Gasteiger partial charge < -0.3 is 15.2 Å². The van der Waals surface area contributed by atoms with E-state index in [9.17, 15) is 18.0 Å². The second-order valence-electron chi connectivity index (χ2n) is 3.37. The van der Waals surface area contributed by atoms with Gasteiger partial charge in [-0.05, 0) is 25.1 Å². The Bertz CT molecular complexity index is 432. The Kier molecular flexibility index (Phi) is 4.41. The largest absolute Gasteiger partial charge is 0.484 e. The Morgan fingerprint density at radius 1 is 1.39 bits per heavy atom. The summed E-state index contributed by atoms with van der Waals surface area (Å²) in [5.74, 6) is -0.794. The van der Waals surface area contributed by atoms with Gasteiger partial charge in [-0.15, -0.1) is 0 Å². The second-order valence-corrected chi connectivity index (χ2v) is 3.37. The van der Waals surface area contributed by atoms with Crippen molar-refractivity contribution in [2.45, 2.75) is 13.1 Å². The normalized spacial score (nSPS) is 11.1. The number of nitrogen functional groups attached to an aromatic ring is 1. The summed E-state index contributed by atoms with van der Waals surface area (Å²) in [6, 6.07) is 3.67. The van der Waals surface area contributed by atoms with Crippen LogP contribution in [0.15, 0.2) is 18.2 Å². The van der Waals surface area contributed by atoms with Gasteiger partial charge in [-0.2, -0.15) is 13.2 Å². The summed E-state index contributed by atoms with van der Waals surface area (Å²) in [5.41, 5.74) is 5.63. The molecule has 0 aliphatic rings. The number of nitrogens with two attached hydrogens (primary N) is 1. The van der Waals surface area contributed by atoms with Crippen molar-refractivity contribution in [1.29, 1.82) is 0 Å². The van der Waals surface area contributed by atoms with E-state index in [0.717, 1.165) is 6.07 Å². The van der Waals surface area contributed by atoms with Gasteiger partial charge in [0.25, 0.3) is 0 Å². The summed E-state index contributed by atoms with van der Waals surface area (Å²) in [7, 11) is 0. The third-order valence-corrected chi connectivity index (χ3v) is 1.92. The van der Waals surface area contributed by atoms with Crippen LogP contribution in [0.1, 0.15) is 17.3 Å². The zero-order valence-corrected chi connectivity index (χ0v) is 9.58. The minimum atomic E-state index is -4.44. The average molecular weight is 263 g/mol. The Hall–Kier alpha value is -1.92. The van der Waals surface area contributed by atoms with Crippen molar-refractivity contribution >= 4 is 11.7 Å². The highest BCUT2D eigenvalue weighted by atomic mass is 19.4. The first-order valence-electron chi connectivity index (χ1n) is 5.09. The molecule has 0 fully saturated rings. The van der Waals surface area contributed by atoms with Gasteiger partial charge in [-0.25, -0.2) is 4.79 Å². The molecule has 1 rings (SSSR count). The molecule has 4 nitrogen and oxygen atoms in total. The number of esters is 1. The highest BCUT2D eigenvalue weighted by Gasteiger charge is 2.28. The topological polar surface area (TPSA) is 61.5 Å². The van der Waals surface area contributed by atoms with Crippen LogP contribution < -0.4 is 10.5 Å². The summed E-state index contributed by atoms with van der Waals surface area (Å²) >= 11 is 0. The minimum absolute atomic E-state index is 0.0171. The molecule has 0 aliphatic carbocycles. The van der Waals surface area contributed by atoms with Crippen LogP contribution in [-0.4, -0.2) is 25.4 Å². The smallest absolute Gasteiger partial charge is 0.422 e. The van der Waals surface area contributed by atoms with E-state index in [1.807, 2.05) is 0 Å². The molecule has 1 aromatic carbocycles. The molecule has 100 valence electrons. The number of carbonyl (C=O) groups excluding carboxylic acids is 1. The third kappa shape index (κ3) is 4.15. The molecular formula is C11H12F3NO3. The van der Waals surface area contributed by atoms with Crippen molar-refractivity contribution in [2.75, 3.05) is 18.9 Å². The maximum atomic E-state index is 12.0. The van der Waals surface area contributed by atoms with Crippen LogP contribution in [0.3, 0.4) is 0 Å². The van der Waals surface area contributed by atoms with Crippen LogP contribution in [0.5, 0.6) is 5.75 Å². The number of benzene rings is 1. The molecule has 0 saturated heterocycles. The molecule has 0 unspecified atom stereocenters. The van der Waals surface area contributed by atoms with Gasteiger partial charge in [0.05, 0.1) is 12.2 Å². The summed E-state index contributed by atoms with van der Waals surface area (Å²) in [6.45, 7) is 0.323. The van der Waals surface area contributed by atoms with E-state index in [-0.39, 0.29) is 23.6 Å². The lowest BCUT2D eigenvalue weighted by Crippen LogP contribution is -2.19. The molecule has 7 heteroatoms. The van der Waals surface area contributed by atoms with Gasteiger partial charge in [0, 0.05) is 5.69 Å². The fraction of sp³-hybridized carbons (Fsp3) is 0.364. The fourth-order valence-corrected chi connectivity index (χ4v) is 1.18. The zero-order chi connectivity index (χ0) is 13.8. The molecule has 0 aliphatic heterocycles. The van der Waals surface area contributed by atoms with E-state index in [4.69, 9.17) is 10.5 Å². The van der Waals surface area contributed by atoms with Gasteiger partial charge >= 0.3 is 12.1 Å². The molecule has 0 spiro atoms. The molecule has 2 N–H and O–H groups in total. The van der Waals surface area contributed by atoms with Crippen molar-refractivity contribution in [3.05, 3.63) is 23.8 Å². The summed E-state index contributed by atoms with van der Waals surface area (Å²) in [6.07, 6.45) is -4.44. The molecule has 0 heterocycles. The van der Waals surface area contributed by atoms with Gasteiger partial charge in [-0.3, -0.25) is 0 Å². The first-order valence-corrected chi connectivity index (χ1v) is 5.09. The fourth-order valence-electron chi connectivity index (χ4n) is 1.18. The summed E-state index contributed by atoms with van der Waals surface area (Å²) in [5, 5.41) is 0. The van der Waals surface area contributed by atoms with E-state index >= 15 is 0 Å². The first kappa shape index (κ1) is 14.1. The lowest BCUT2D eigenvalue weighted by molar-refractivity contribution is -0.153. The number of alkyl halides is 3. The van der Waals surface area contributed by atoms with Crippen LogP contribution in [0.4, 0.5) is 18.9 Å². The Labute approximate surface area is 101 Å². The molecule has 0 amide bonds. The van der Waals surface area contributed by atoms with Gasteiger partial charge in [-0.1, -0.05) is 0 Å². The number of hydrogen-bond donors (Lipinski definition) is 1. The van der Waals surface area contributed by atoms with Crippen molar-refractivity contribution < 1.29 is 27.4 Å². The van der Waals surface area contributed by atoms with Crippen LogP contribution in [0.25, 0.3) is 0 Å². The van der Waals surface area contributed by atoms with Crippen molar-refractivity contribution in [3.63, 3.8) is 0 Å². The van der Waals surface area contributed by atoms with Gasteiger partial charge in [0.15, 0.2) is 6.61 Å². The van der Waals surface area contributed by atoms with E-state index in [1.165, 1.54) is 12.1 Å². The first-order chi connectivity index (χ1) is 8.33. The summed E-state index contributed by atoms with van der Waals surface area (Å²) < 4.78 is 45.1. The average Bonchev–Trinajstić information content (AvgIpc) is 2.27. The highest BCUT2D eigenvalue weighted by molar-refractivity contribution is 5.95. The van der Waals surface area contributed by atoms with Crippen molar-refractivity contribution in [2.24, 2.45) is 0 Å². The van der Waals surface area contributed by atoms with Crippen LogP contribution in [0, 0.1) is 0 Å². The number of anilines is 1. The molecule has 18 heavy (non-hydrogen) atoms. The summed E-state index contributed by atoms with van der Waals surface area (Å²) in [4.78, 5) is 11.4. The highest BCUT2D eigenvalue weighted by Crippen LogP contribution is 2.23. The molecule has 0 aromatic heterocycles. The van der Waals surface area contributed by atoms with E-state index in [2.05, 4.69) is 4.74 Å². The molecule has 1 aromatic rings. The van der Waals surface area contributed by atoms with Gasteiger partial charge in [0.2, 0.25) is 0 Å². The Balaban J connectivity index is 2.84. The molecule has 0 atom stereocenters. The lowest BCUT2D eigenvalue weighted by atomic mass is 10.2. The number of rotatable bonds is 4. The number of halogens is 3. The third-order valence-electron chi connectivity index (χ3n) is 1.92. The maximum Gasteiger partial charge on any atom is 0.422 e. The van der Waals surface area contributed by atoms with Crippen molar-refractivity contribution in [1.82, 2.24) is 0 Å². The molecular weight excluding hydrogens is 251 g/mol. The second kappa shape index (κ2) is 5.61. The Morgan fingerprint density at radius 3 is 2.61 bits per heavy atom. The SMILES string of the molecule is CCOC(=O)c1cc(OCC(F)(F)F)ccc1N. The minimum Gasteiger partial charge on any atom is -0.484 e. The molecule has 0 bridgehead atoms. The van der Waals surface area contributed by atoms with Gasteiger partial charge in [0.1, 0.15) is 5.75 Å². The predicted octanol–water partition coefficient (Wildman–Crippen LogP) is 2.39. The maximum absolute atomic E-state index is 12.0. The van der Waals surface area contributed by atoms with E-state index in [1.54, 1.807) is 6.92 Å². The Morgan fingerprint density at radius 2 is 2.06 bits per heavy atom. The van der Waals surface area contributed by atoms with E-state index in [0.29, 0.717) is 0 Å². The number of ether oxygens (including phenoxy) is 2. The van der Waals surface area contributed by atoms with Crippen LogP contribution >= 0.6 is 0 Å². The molecule has 0 saturated carbocycles. The van der Waals surface area contributed by atoms with Crippen LogP contribution in [-0.2, 0) is 4.74 Å². The zero-order valence-electron chi connectivity index (χ0n) is 9.58. The monoisotopic (exact) mass is 263 g/mol. The number of hydrogen-bond acceptors (Lipinski definition) is 4. The predicted molar refractivity (Wildman–Crippen MR) is 58.4 cm³/mol. The quantitative estimate of drug-likeness (QED) is 0.669. The van der Waals surface area contributed by atoms with Crippen LogP contribution in [0.2, 0.25) is 0 Å². The lowest BCUT2D eigenvalue weighted by Gasteiger charge is -2.11. The van der Waals surface area contributed by atoms with E-state index < -0.39 is 18.8 Å². The van der Waals surface area contributed by atoms with Crippen molar-refractivity contribution in [3.8, 4) is 5.75 Å². The molecule has 0 radical (unpaired) electrons. The number of carbonyl (C=O) groups is 1.